The van der Waals surface area contributed by atoms with Crippen LogP contribution in [0.1, 0.15) is 89.0 Å². The lowest BCUT2D eigenvalue weighted by Crippen LogP contribution is -2.27. The fourth-order valence-corrected chi connectivity index (χ4v) is 3.87. The fourth-order valence-electron chi connectivity index (χ4n) is 3.87. The van der Waals surface area contributed by atoms with Gasteiger partial charge in [0.05, 0.1) is 0 Å². The quantitative estimate of drug-likeness (QED) is 0.351. The molecule has 1 amide bonds. The maximum atomic E-state index is 11.9. The zero-order chi connectivity index (χ0) is 19.3. The summed E-state index contributed by atoms with van der Waals surface area (Å²) >= 11 is 0. The minimum atomic E-state index is -0.0445. The van der Waals surface area contributed by atoms with E-state index >= 15 is 0 Å². The lowest BCUT2D eigenvalue weighted by molar-refractivity contribution is -0.130. The Bertz CT molecular complexity index is 553. The molecule has 0 radical (unpaired) electrons. The van der Waals surface area contributed by atoms with E-state index in [0.29, 0.717) is 5.91 Å². The summed E-state index contributed by atoms with van der Waals surface area (Å²) in [5.41, 5.74) is 1.09. The van der Waals surface area contributed by atoms with Gasteiger partial charge in [-0.25, -0.2) is 0 Å². The molecule has 2 N–H and O–H groups in total. The van der Waals surface area contributed by atoms with Crippen LogP contribution in [0.25, 0.3) is 0 Å². The predicted octanol–water partition coefficient (Wildman–Crippen LogP) is 5.55. The first-order valence-corrected chi connectivity index (χ1v) is 11.0. The zero-order valence-corrected chi connectivity index (χ0v) is 16.8. The van der Waals surface area contributed by atoms with Gasteiger partial charge in [-0.3, -0.25) is 4.79 Å². The number of rotatable bonds is 13. The number of carbonyl (C=O) groups excluding carboxylic acids is 1. The molecule has 0 aromatic heterocycles. The molecule has 0 atom stereocenters. The molecule has 0 spiro atoms. The number of amides is 1. The first-order valence-electron chi connectivity index (χ1n) is 11.0. The van der Waals surface area contributed by atoms with E-state index in [1.54, 1.807) is 12.1 Å². The maximum absolute atomic E-state index is 11.9. The standard InChI is InChI=1S/C23H37NO3/c25-21-16-15-20(19-22(21)26)13-9-7-5-3-1-2-4-6-8-10-14-23(27)24-17-11-12-18-24/h15-16,19,25-26H,1-14,17-18H2. The van der Waals surface area contributed by atoms with Crippen LogP contribution >= 0.6 is 0 Å². The van der Waals surface area contributed by atoms with Crippen LogP contribution in [0, 0.1) is 0 Å². The van der Waals surface area contributed by atoms with Crippen molar-refractivity contribution in [2.45, 2.75) is 89.9 Å². The van der Waals surface area contributed by atoms with Gasteiger partial charge in [-0.1, -0.05) is 57.4 Å². The Morgan fingerprint density at radius 3 is 1.93 bits per heavy atom. The average molecular weight is 376 g/mol. The van der Waals surface area contributed by atoms with Crippen molar-refractivity contribution >= 4 is 5.91 Å². The summed E-state index contributed by atoms with van der Waals surface area (Å²) in [7, 11) is 0. The molecule has 1 aliphatic rings. The summed E-state index contributed by atoms with van der Waals surface area (Å²) in [5.74, 6) is 0.305. The molecular formula is C23H37NO3. The summed E-state index contributed by atoms with van der Waals surface area (Å²) in [5, 5.41) is 18.8. The topological polar surface area (TPSA) is 60.8 Å². The van der Waals surface area contributed by atoms with E-state index in [0.717, 1.165) is 44.3 Å². The first-order chi connectivity index (χ1) is 13.2. The number of aromatic hydroxyl groups is 2. The van der Waals surface area contributed by atoms with E-state index in [1.165, 1.54) is 64.2 Å². The molecule has 1 aromatic carbocycles. The molecule has 27 heavy (non-hydrogen) atoms. The highest BCUT2D eigenvalue weighted by molar-refractivity contribution is 5.76. The van der Waals surface area contributed by atoms with Crippen molar-refractivity contribution in [2.24, 2.45) is 0 Å². The number of phenolic OH excluding ortho intramolecular Hbond substituents is 2. The second kappa shape index (κ2) is 12.6. The molecule has 0 saturated carbocycles. The minimum absolute atomic E-state index is 0.0205. The molecule has 2 rings (SSSR count). The average Bonchev–Trinajstić information content (AvgIpc) is 3.20. The maximum Gasteiger partial charge on any atom is 0.222 e. The molecule has 4 nitrogen and oxygen atoms in total. The van der Waals surface area contributed by atoms with Crippen molar-refractivity contribution in [3.63, 3.8) is 0 Å². The molecular weight excluding hydrogens is 338 g/mol. The van der Waals surface area contributed by atoms with Gasteiger partial charge in [-0.2, -0.15) is 0 Å². The van der Waals surface area contributed by atoms with Gasteiger partial charge >= 0.3 is 0 Å². The third-order valence-electron chi connectivity index (χ3n) is 5.60. The molecule has 1 saturated heterocycles. The Hall–Kier alpha value is -1.71. The third-order valence-corrected chi connectivity index (χ3v) is 5.60. The van der Waals surface area contributed by atoms with E-state index in [4.69, 9.17) is 0 Å². The molecule has 1 aliphatic heterocycles. The van der Waals surface area contributed by atoms with E-state index in [2.05, 4.69) is 0 Å². The Morgan fingerprint density at radius 2 is 1.33 bits per heavy atom. The smallest absolute Gasteiger partial charge is 0.222 e. The Labute approximate surface area is 164 Å². The van der Waals surface area contributed by atoms with Gasteiger partial charge in [-0.05, 0) is 49.8 Å². The van der Waals surface area contributed by atoms with Gasteiger partial charge in [0.2, 0.25) is 5.91 Å². The van der Waals surface area contributed by atoms with Crippen LogP contribution in [0.4, 0.5) is 0 Å². The van der Waals surface area contributed by atoms with Gasteiger partial charge in [-0.15, -0.1) is 0 Å². The van der Waals surface area contributed by atoms with E-state index in [1.807, 2.05) is 11.0 Å². The summed E-state index contributed by atoms with van der Waals surface area (Å²) in [6.45, 7) is 1.96. The molecule has 0 aliphatic carbocycles. The summed E-state index contributed by atoms with van der Waals surface area (Å²) in [4.78, 5) is 14.0. The molecule has 1 aromatic rings. The third kappa shape index (κ3) is 8.68. The molecule has 1 heterocycles. The van der Waals surface area contributed by atoms with Crippen molar-refractivity contribution in [3.05, 3.63) is 23.8 Å². The molecule has 152 valence electrons. The van der Waals surface area contributed by atoms with E-state index < -0.39 is 0 Å². The second-order valence-corrected chi connectivity index (χ2v) is 7.95. The first kappa shape index (κ1) is 21.6. The predicted molar refractivity (Wildman–Crippen MR) is 110 cm³/mol. The number of hydrogen-bond donors (Lipinski definition) is 2. The Balaban J connectivity index is 1.34. The van der Waals surface area contributed by atoms with Gasteiger partial charge in [0.15, 0.2) is 11.5 Å². The Morgan fingerprint density at radius 1 is 0.778 bits per heavy atom. The number of benzene rings is 1. The van der Waals surface area contributed by atoms with Gasteiger partial charge in [0.25, 0.3) is 0 Å². The van der Waals surface area contributed by atoms with E-state index in [-0.39, 0.29) is 11.5 Å². The zero-order valence-electron chi connectivity index (χ0n) is 16.8. The van der Waals surface area contributed by atoms with Crippen LogP contribution in [0.2, 0.25) is 0 Å². The fraction of sp³-hybridized carbons (Fsp3) is 0.696. The van der Waals surface area contributed by atoms with Crippen LogP contribution in [0.3, 0.4) is 0 Å². The largest absolute Gasteiger partial charge is 0.504 e. The molecule has 4 heteroatoms. The van der Waals surface area contributed by atoms with E-state index in [9.17, 15) is 15.0 Å². The highest BCUT2D eigenvalue weighted by Gasteiger charge is 2.16. The number of unbranched alkanes of at least 4 members (excludes halogenated alkanes) is 9. The molecule has 1 fully saturated rings. The number of aryl methyl sites for hydroxylation is 1. The second-order valence-electron chi connectivity index (χ2n) is 7.95. The minimum Gasteiger partial charge on any atom is -0.504 e. The lowest BCUT2D eigenvalue weighted by atomic mass is 10.0. The van der Waals surface area contributed by atoms with Crippen LogP contribution in [0.5, 0.6) is 11.5 Å². The summed E-state index contributed by atoms with van der Waals surface area (Å²) in [6.07, 6.45) is 16.4. The number of carbonyl (C=O) groups is 1. The highest BCUT2D eigenvalue weighted by Crippen LogP contribution is 2.25. The number of phenols is 2. The SMILES string of the molecule is O=C(CCCCCCCCCCCCc1ccc(O)c(O)c1)N1CCCC1. The van der Waals surface area contributed by atoms with Crippen LogP contribution in [0.15, 0.2) is 18.2 Å². The summed E-state index contributed by atoms with van der Waals surface area (Å²) in [6, 6.07) is 5.11. The van der Waals surface area contributed by atoms with Crippen molar-refractivity contribution < 1.29 is 15.0 Å². The highest BCUT2D eigenvalue weighted by atomic mass is 16.3. The Kier molecular flexibility index (Phi) is 10.1. The van der Waals surface area contributed by atoms with Crippen molar-refractivity contribution in [3.8, 4) is 11.5 Å². The number of nitrogens with zero attached hydrogens (tertiary/aromatic N) is 1. The van der Waals surface area contributed by atoms with Gasteiger partial charge in [0.1, 0.15) is 0 Å². The molecule has 0 unspecified atom stereocenters. The van der Waals surface area contributed by atoms with Crippen LogP contribution < -0.4 is 0 Å². The molecule has 0 bridgehead atoms. The lowest BCUT2D eigenvalue weighted by Gasteiger charge is -2.14. The van der Waals surface area contributed by atoms with Gasteiger partial charge in [0, 0.05) is 19.5 Å². The summed E-state index contributed by atoms with van der Waals surface area (Å²) < 4.78 is 0. The van der Waals surface area contributed by atoms with Crippen LogP contribution in [-0.4, -0.2) is 34.1 Å². The van der Waals surface area contributed by atoms with Crippen molar-refractivity contribution in [2.75, 3.05) is 13.1 Å². The van der Waals surface area contributed by atoms with Crippen LogP contribution in [-0.2, 0) is 11.2 Å². The monoisotopic (exact) mass is 375 g/mol. The number of likely N-dealkylation sites (tertiary alicyclic amines) is 1. The van der Waals surface area contributed by atoms with Gasteiger partial charge < -0.3 is 15.1 Å². The van der Waals surface area contributed by atoms with Crippen molar-refractivity contribution in [1.29, 1.82) is 0 Å². The number of hydrogen-bond acceptors (Lipinski definition) is 3. The normalized spacial score (nSPS) is 14.0. The van der Waals surface area contributed by atoms with Crippen molar-refractivity contribution in [1.82, 2.24) is 4.90 Å².